The Morgan fingerprint density at radius 2 is 1.62 bits per heavy atom. The van der Waals surface area contributed by atoms with Gasteiger partial charge in [0.2, 0.25) is 11.8 Å². The number of ketones is 2. The van der Waals surface area contributed by atoms with Gasteiger partial charge in [-0.2, -0.15) is 0 Å². The summed E-state index contributed by atoms with van der Waals surface area (Å²) in [5.41, 5.74) is 2.61. The molecule has 2 amide bonds. The Bertz CT molecular complexity index is 1200. The third kappa shape index (κ3) is 2.74. The zero-order valence-electron chi connectivity index (χ0n) is 17.9. The maximum atomic E-state index is 13.5. The van der Waals surface area contributed by atoms with Gasteiger partial charge in [-0.15, -0.1) is 0 Å². The summed E-state index contributed by atoms with van der Waals surface area (Å²) >= 11 is 0. The van der Waals surface area contributed by atoms with Crippen molar-refractivity contribution in [2.24, 2.45) is 11.8 Å². The first-order chi connectivity index (χ1) is 15.3. The molecule has 7 nitrogen and oxygen atoms in total. The van der Waals surface area contributed by atoms with E-state index in [1.165, 1.54) is 18.7 Å². The summed E-state index contributed by atoms with van der Waals surface area (Å²) in [4.78, 5) is 54.4. The summed E-state index contributed by atoms with van der Waals surface area (Å²) in [6.07, 6.45) is 3.82. The van der Waals surface area contributed by atoms with Crippen LogP contribution in [0, 0.1) is 11.8 Å². The average molecular weight is 430 g/mol. The molecule has 3 heterocycles. The molecule has 2 aromatic carbocycles. The van der Waals surface area contributed by atoms with Gasteiger partial charge in [0.25, 0.3) is 0 Å². The number of carbonyl (C=O) groups is 4. The van der Waals surface area contributed by atoms with Crippen LogP contribution in [0.25, 0.3) is 6.08 Å². The molecule has 2 saturated heterocycles. The number of anilines is 2. The predicted octanol–water partition coefficient (Wildman–Crippen LogP) is 2.88. The van der Waals surface area contributed by atoms with E-state index in [4.69, 9.17) is 4.74 Å². The van der Waals surface area contributed by atoms with Crippen molar-refractivity contribution in [3.63, 3.8) is 0 Å². The van der Waals surface area contributed by atoms with Crippen LogP contribution < -0.4 is 14.5 Å². The number of Topliss-reactive ketones (excluding diaryl/α,β-unsaturated/α-hetero) is 2. The Kier molecular flexibility index (Phi) is 4.51. The molecule has 0 unspecified atom stereocenters. The van der Waals surface area contributed by atoms with Crippen LogP contribution in [0.15, 0.2) is 48.5 Å². The minimum absolute atomic E-state index is 0.0950. The summed E-state index contributed by atoms with van der Waals surface area (Å²) in [6, 6.07) is 10.8. The van der Waals surface area contributed by atoms with E-state index in [1.54, 1.807) is 31.4 Å². The minimum Gasteiger partial charge on any atom is -0.497 e. The molecular formula is C25H22N2O5. The molecule has 2 fully saturated rings. The Balaban J connectivity index is 1.57. The predicted molar refractivity (Wildman–Crippen MR) is 119 cm³/mol. The third-order valence-electron chi connectivity index (χ3n) is 6.66. The number of hydrogen-bond donors (Lipinski definition) is 0. The second-order valence-corrected chi connectivity index (χ2v) is 8.40. The van der Waals surface area contributed by atoms with Crippen LogP contribution in [0.4, 0.5) is 11.4 Å². The maximum absolute atomic E-state index is 13.5. The van der Waals surface area contributed by atoms with Gasteiger partial charge in [0.15, 0.2) is 11.6 Å². The number of ether oxygens (including phenoxy) is 1. The minimum atomic E-state index is -0.768. The molecule has 5 rings (SSSR count). The fourth-order valence-corrected chi connectivity index (χ4v) is 5.24. The molecule has 3 aliphatic heterocycles. The van der Waals surface area contributed by atoms with E-state index in [0.717, 1.165) is 11.3 Å². The molecule has 3 aliphatic rings. The average Bonchev–Trinajstić information content (AvgIpc) is 3.26. The Morgan fingerprint density at radius 1 is 0.938 bits per heavy atom. The highest BCUT2D eigenvalue weighted by molar-refractivity contribution is 6.24. The first-order valence-corrected chi connectivity index (χ1v) is 10.5. The number of benzene rings is 2. The van der Waals surface area contributed by atoms with Gasteiger partial charge < -0.3 is 9.64 Å². The van der Waals surface area contributed by atoms with Crippen molar-refractivity contribution >= 4 is 40.8 Å². The molecule has 162 valence electrons. The van der Waals surface area contributed by atoms with Crippen LogP contribution >= 0.6 is 0 Å². The summed E-state index contributed by atoms with van der Waals surface area (Å²) in [6.45, 7) is 2.92. The fraction of sp³-hybridized carbons (Fsp3) is 0.280. The summed E-state index contributed by atoms with van der Waals surface area (Å²) in [7, 11) is 1.59. The molecule has 0 radical (unpaired) electrons. The highest BCUT2D eigenvalue weighted by Crippen LogP contribution is 2.49. The Hall–Kier alpha value is -3.74. The molecule has 0 N–H and O–H groups in total. The highest BCUT2D eigenvalue weighted by Gasteiger charge is 2.63. The topological polar surface area (TPSA) is 84.0 Å². The SMILES string of the molecule is COc1ccc2c(c1)C=C[C@@H]1[C@@H]3C(=O)N(c4ccc(C(C)=O)cc4)C(=O)[C@@H]3[C@H](C(C)=O)N21. The second kappa shape index (κ2) is 7.15. The molecule has 32 heavy (non-hydrogen) atoms. The van der Waals surface area contributed by atoms with E-state index in [2.05, 4.69) is 0 Å². The van der Waals surface area contributed by atoms with E-state index in [0.29, 0.717) is 17.0 Å². The summed E-state index contributed by atoms with van der Waals surface area (Å²) < 4.78 is 5.31. The van der Waals surface area contributed by atoms with Gasteiger partial charge in [-0.3, -0.25) is 19.2 Å². The number of methoxy groups -OCH3 is 1. The first-order valence-electron chi connectivity index (χ1n) is 10.5. The van der Waals surface area contributed by atoms with Crippen LogP contribution in [0.5, 0.6) is 5.75 Å². The van der Waals surface area contributed by atoms with Crippen molar-refractivity contribution in [2.45, 2.75) is 25.9 Å². The largest absolute Gasteiger partial charge is 0.497 e. The van der Waals surface area contributed by atoms with Crippen LogP contribution in [-0.4, -0.2) is 42.6 Å². The lowest BCUT2D eigenvalue weighted by Crippen LogP contribution is -2.48. The van der Waals surface area contributed by atoms with E-state index in [-0.39, 0.29) is 23.4 Å². The van der Waals surface area contributed by atoms with Gasteiger partial charge >= 0.3 is 0 Å². The van der Waals surface area contributed by atoms with Crippen molar-refractivity contribution in [3.8, 4) is 5.75 Å². The van der Waals surface area contributed by atoms with Crippen molar-refractivity contribution in [3.05, 3.63) is 59.7 Å². The van der Waals surface area contributed by atoms with Crippen LogP contribution in [-0.2, 0) is 14.4 Å². The number of hydrogen-bond acceptors (Lipinski definition) is 6. The molecule has 4 atom stereocenters. The van der Waals surface area contributed by atoms with Crippen molar-refractivity contribution in [1.82, 2.24) is 0 Å². The lowest BCUT2D eigenvalue weighted by atomic mass is 9.88. The van der Waals surface area contributed by atoms with Gasteiger partial charge in [0.05, 0.1) is 30.7 Å². The number of imide groups is 1. The number of rotatable bonds is 4. The van der Waals surface area contributed by atoms with E-state index in [9.17, 15) is 19.2 Å². The summed E-state index contributed by atoms with van der Waals surface area (Å²) in [5.74, 6) is -1.69. The molecule has 0 aliphatic carbocycles. The zero-order chi connectivity index (χ0) is 22.7. The number of amides is 2. The smallest absolute Gasteiger partial charge is 0.240 e. The van der Waals surface area contributed by atoms with Gasteiger partial charge in [-0.1, -0.05) is 12.2 Å². The number of fused-ring (bicyclic) bond motifs is 5. The van der Waals surface area contributed by atoms with E-state index >= 15 is 0 Å². The lowest BCUT2D eigenvalue weighted by Gasteiger charge is -2.36. The molecule has 0 bridgehead atoms. The zero-order valence-corrected chi connectivity index (χ0v) is 17.9. The van der Waals surface area contributed by atoms with Gasteiger partial charge in [-0.05, 0) is 56.3 Å². The van der Waals surface area contributed by atoms with Gasteiger partial charge in [0.1, 0.15) is 11.8 Å². The van der Waals surface area contributed by atoms with Crippen LogP contribution in [0.2, 0.25) is 0 Å². The maximum Gasteiger partial charge on any atom is 0.240 e. The van der Waals surface area contributed by atoms with Gasteiger partial charge in [0, 0.05) is 16.8 Å². The highest BCUT2D eigenvalue weighted by atomic mass is 16.5. The molecule has 0 spiro atoms. The molecule has 0 aromatic heterocycles. The van der Waals surface area contributed by atoms with Crippen molar-refractivity contribution in [2.75, 3.05) is 16.9 Å². The Morgan fingerprint density at radius 3 is 2.25 bits per heavy atom. The summed E-state index contributed by atoms with van der Waals surface area (Å²) in [5, 5.41) is 0. The van der Waals surface area contributed by atoms with Crippen molar-refractivity contribution < 1.29 is 23.9 Å². The normalized spacial score (nSPS) is 25.5. The fourth-order valence-electron chi connectivity index (χ4n) is 5.24. The molecular weight excluding hydrogens is 408 g/mol. The first kappa shape index (κ1) is 20.2. The van der Waals surface area contributed by atoms with Crippen LogP contribution in [0.3, 0.4) is 0 Å². The lowest BCUT2D eigenvalue weighted by molar-refractivity contribution is -0.126. The van der Waals surface area contributed by atoms with Crippen LogP contribution in [0.1, 0.15) is 29.8 Å². The quantitative estimate of drug-likeness (QED) is 0.548. The molecule has 2 aromatic rings. The standard InChI is InChI=1S/C25H22N2O5/c1-13(28)15-4-7-17(8-5-15)26-24(30)21-20-10-6-16-12-18(32-3)9-11-19(16)27(20)23(14(2)29)22(21)25(26)31/h4-12,20-23H,1-3H3/t20-,21+,22+,23+/m1/s1. The number of carbonyl (C=O) groups excluding carboxylic acids is 4. The molecule has 0 saturated carbocycles. The third-order valence-corrected chi connectivity index (χ3v) is 6.66. The monoisotopic (exact) mass is 430 g/mol. The van der Waals surface area contributed by atoms with E-state index in [1.807, 2.05) is 35.3 Å². The van der Waals surface area contributed by atoms with Gasteiger partial charge in [-0.25, -0.2) is 4.90 Å². The second-order valence-electron chi connectivity index (χ2n) is 8.40. The van der Waals surface area contributed by atoms with E-state index < -0.39 is 23.9 Å². The number of nitrogens with zero attached hydrogens (tertiary/aromatic N) is 2. The Labute approximate surface area is 185 Å². The molecule has 7 heteroatoms. The van der Waals surface area contributed by atoms with Crippen molar-refractivity contribution in [1.29, 1.82) is 0 Å².